The molecule has 1 amide bonds. The van der Waals surface area contributed by atoms with Crippen molar-refractivity contribution in [3.05, 3.63) is 35.9 Å². The Labute approximate surface area is 112 Å². The van der Waals surface area contributed by atoms with Crippen molar-refractivity contribution in [1.29, 1.82) is 5.26 Å². The number of carbonyl (C=O) groups is 1. The lowest BCUT2D eigenvalue weighted by molar-refractivity contribution is -0.116. The fraction of sp³-hybridized carbons (Fsp3) is 0.286. The average molecular weight is 259 g/mol. The zero-order chi connectivity index (χ0) is 14.1. The van der Waals surface area contributed by atoms with Gasteiger partial charge in [0.05, 0.1) is 5.69 Å². The van der Waals surface area contributed by atoms with Crippen LogP contribution in [-0.4, -0.2) is 19.1 Å². The average Bonchev–Trinajstić information content (AvgIpc) is 2.41. The molecule has 0 aliphatic carbocycles. The Bertz CT molecular complexity index is 504. The molecular formula is C14H17N3O2. The van der Waals surface area contributed by atoms with E-state index < -0.39 is 0 Å². The first-order chi connectivity index (χ1) is 9.19. The first kappa shape index (κ1) is 14.6. The number of nitrogen functional groups attached to an aromatic ring is 1. The van der Waals surface area contributed by atoms with E-state index >= 15 is 0 Å². The van der Waals surface area contributed by atoms with Crippen molar-refractivity contribution in [2.75, 3.05) is 18.9 Å². The molecule has 0 aliphatic rings. The van der Waals surface area contributed by atoms with E-state index in [2.05, 4.69) is 5.32 Å². The molecule has 5 nitrogen and oxygen atoms in total. The van der Waals surface area contributed by atoms with Crippen molar-refractivity contribution in [3.8, 4) is 11.8 Å². The molecule has 0 radical (unpaired) electrons. The van der Waals surface area contributed by atoms with Crippen LogP contribution in [0.5, 0.6) is 5.75 Å². The molecular weight excluding hydrogens is 242 g/mol. The summed E-state index contributed by atoms with van der Waals surface area (Å²) in [5.74, 6) is 0.264. The molecule has 0 bridgehead atoms. The van der Waals surface area contributed by atoms with Gasteiger partial charge < -0.3 is 15.8 Å². The summed E-state index contributed by atoms with van der Waals surface area (Å²) in [6, 6.07) is 7.00. The first-order valence-electron chi connectivity index (χ1n) is 6.04. The number of rotatable bonds is 6. The van der Waals surface area contributed by atoms with Crippen LogP contribution in [0.25, 0.3) is 0 Å². The summed E-state index contributed by atoms with van der Waals surface area (Å²) in [6.07, 6.45) is 3.90. The molecule has 0 fully saturated rings. The van der Waals surface area contributed by atoms with Crippen molar-refractivity contribution in [3.63, 3.8) is 0 Å². The van der Waals surface area contributed by atoms with Crippen LogP contribution in [0.3, 0.4) is 0 Å². The Balaban J connectivity index is 2.50. The van der Waals surface area contributed by atoms with E-state index in [0.29, 0.717) is 23.5 Å². The van der Waals surface area contributed by atoms with Gasteiger partial charge in [-0.05, 0) is 24.6 Å². The van der Waals surface area contributed by atoms with Gasteiger partial charge in [0.15, 0.2) is 0 Å². The van der Waals surface area contributed by atoms with Gasteiger partial charge in [-0.25, -0.2) is 0 Å². The summed E-state index contributed by atoms with van der Waals surface area (Å²) < 4.78 is 5.39. The predicted octanol–water partition coefficient (Wildman–Crippen LogP) is 1.60. The molecule has 0 saturated heterocycles. The summed E-state index contributed by atoms with van der Waals surface area (Å²) in [5.41, 5.74) is 6.35. The van der Waals surface area contributed by atoms with Gasteiger partial charge in [0, 0.05) is 12.6 Å². The third kappa shape index (κ3) is 4.72. The minimum absolute atomic E-state index is 0.154. The normalized spacial score (nSPS) is 10.1. The smallest absolute Gasteiger partial charge is 0.243 e. The van der Waals surface area contributed by atoms with E-state index in [1.807, 2.05) is 13.0 Å². The zero-order valence-corrected chi connectivity index (χ0v) is 10.8. The number of amides is 1. The fourth-order valence-electron chi connectivity index (χ4n) is 1.39. The second-order valence-corrected chi connectivity index (χ2v) is 3.84. The monoisotopic (exact) mass is 259 g/mol. The molecule has 0 saturated carbocycles. The van der Waals surface area contributed by atoms with E-state index in [-0.39, 0.29) is 12.5 Å². The molecule has 3 N–H and O–H groups in total. The van der Waals surface area contributed by atoms with Crippen molar-refractivity contribution in [2.24, 2.45) is 0 Å². The highest BCUT2D eigenvalue weighted by molar-refractivity contribution is 5.87. The molecule has 100 valence electrons. The van der Waals surface area contributed by atoms with Crippen LogP contribution in [-0.2, 0) is 4.79 Å². The van der Waals surface area contributed by atoms with Gasteiger partial charge >= 0.3 is 0 Å². The maximum absolute atomic E-state index is 11.3. The molecule has 1 aromatic carbocycles. The molecule has 0 unspecified atom stereocenters. The third-order valence-electron chi connectivity index (χ3n) is 2.32. The molecule has 0 aliphatic heterocycles. The molecule has 19 heavy (non-hydrogen) atoms. The van der Waals surface area contributed by atoms with Crippen LogP contribution in [0.4, 0.5) is 5.69 Å². The fourth-order valence-corrected chi connectivity index (χ4v) is 1.39. The van der Waals surface area contributed by atoms with Gasteiger partial charge in [0.1, 0.15) is 24.0 Å². The molecule has 0 atom stereocenters. The highest BCUT2D eigenvalue weighted by atomic mass is 16.5. The number of carbonyl (C=O) groups excluding carboxylic acids is 1. The van der Waals surface area contributed by atoms with Crippen LogP contribution >= 0.6 is 0 Å². The Kier molecular flexibility index (Phi) is 5.96. The van der Waals surface area contributed by atoms with Gasteiger partial charge in [-0.15, -0.1) is 0 Å². The van der Waals surface area contributed by atoms with E-state index in [1.54, 1.807) is 24.3 Å². The van der Waals surface area contributed by atoms with E-state index in [9.17, 15) is 4.79 Å². The number of anilines is 1. The molecule has 5 heteroatoms. The number of nitrogens with zero attached hydrogens (tertiary/aromatic N) is 1. The molecule has 0 heterocycles. The number of ether oxygens (including phenoxy) is 1. The largest absolute Gasteiger partial charge is 0.488 e. The summed E-state index contributed by atoms with van der Waals surface area (Å²) in [5, 5.41) is 11.7. The van der Waals surface area contributed by atoms with Gasteiger partial charge in [-0.1, -0.05) is 13.0 Å². The first-order valence-corrected chi connectivity index (χ1v) is 6.04. The van der Waals surface area contributed by atoms with Crippen molar-refractivity contribution >= 4 is 11.6 Å². The lowest BCUT2D eigenvalue weighted by atomic mass is 10.2. The van der Waals surface area contributed by atoms with Crippen LogP contribution in [0.15, 0.2) is 30.4 Å². The number of nitrogens with two attached hydrogens (primary N) is 1. The minimum atomic E-state index is -0.154. The minimum Gasteiger partial charge on any atom is -0.488 e. The van der Waals surface area contributed by atoms with E-state index in [0.717, 1.165) is 6.42 Å². The Morgan fingerprint density at radius 1 is 1.58 bits per heavy atom. The maximum atomic E-state index is 11.3. The number of nitriles is 1. The highest BCUT2D eigenvalue weighted by Crippen LogP contribution is 2.22. The molecule has 1 rings (SSSR count). The second kappa shape index (κ2) is 7.77. The summed E-state index contributed by atoms with van der Waals surface area (Å²) >= 11 is 0. The Morgan fingerprint density at radius 3 is 3.05 bits per heavy atom. The van der Waals surface area contributed by atoms with Crippen LogP contribution in [0.1, 0.15) is 18.9 Å². The van der Waals surface area contributed by atoms with Crippen molar-refractivity contribution in [1.82, 2.24) is 5.32 Å². The van der Waals surface area contributed by atoms with Gasteiger partial charge in [0.2, 0.25) is 5.91 Å². The second-order valence-electron chi connectivity index (χ2n) is 3.84. The van der Waals surface area contributed by atoms with E-state index in [4.69, 9.17) is 15.7 Å². The number of benzene rings is 1. The van der Waals surface area contributed by atoms with Gasteiger partial charge in [0.25, 0.3) is 0 Å². The van der Waals surface area contributed by atoms with Crippen LogP contribution in [0.2, 0.25) is 0 Å². The lowest BCUT2D eigenvalue weighted by Crippen LogP contribution is -2.21. The van der Waals surface area contributed by atoms with E-state index in [1.165, 1.54) is 6.08 Å². The summed E-state index contributed by atoms with van der Waals surface area (Å²) in [4.78, 5) is 11.3. The lowest BCUT2D eigenvalue weighted by Gasteiger charge is -2.06. The number of nitrogens with one attached hydrogen (secondary N) is 1. The third-order valence-corrected chi connectivity index (χ3v) is 2.32. The SMILES string of the molecule is CCCNC(=O)/C=C/COc1cccc(N)c1C#N. The van der Waals surface area contributed by atoms with Crippen LogP contribution in [0, 0.1) is 11.3 Å². The highest BCUT2D eigenvalue weighted by Gasteiger charge is 2.05. The van der Waals surface area contributed by atoms with Gasteiger partial charge in [-0.2, -0.15) is 5.26 Å². The zero-order valence-electron chi connectivity index (χ0n) is 10.8. The van der Waals surface area contributed by atoms with Crippen LogP contribution < -0.4 is 15.8 Å². The standard InChI is InChI=1S/C14H17N3O2/c1-2-8-17-14(18)7-4-9-19-13-6-3-5-12(16)11(13)10-15/h3-7H,2,8-9,16H2,1H3,(H,17,18)/b7-4+. The van der Waals surface area contributed by atoms with Crippen molar-refractivity contribution < 1.29 is 9.53 Å². The maximum Gasteiger partial charge on any atom is 0.243 e. The summed E-state index contributed by atoms with van der Waals surface area (Å²) in [7, 11) is 0. The molecule has 1 aromatic rings. The topological polar surface area (TPSA) is 88.1 Å². The summed E-state index contributed by atoms with van der Waals surface area (Å²) in [6.45, 7) is 2.84. The number of hydrogen-bond donors (Lipinski definition) is 2. The van der Waals surface area contributed by atoms with Gasteiger partial charge in [-0.3, -0.25) is 4.79 Å². The Hall–Kier alpha value is -2.48. The molecule has 0 spiro atoms. The molecule has 0 aromatic heterocycles. The number of hydrogen-bond acceptors (Lipinski definition) is 4. The quantitative estimate of drug-likeness (QED) is 0.600. The van der Waals surface area contributed by atoms with Crippen molar-refractivity contribution in [2.45, 2.75) is 13.3 Å². The predicted molar refractivity (Wildman–Crippen MR) is 73.5 cm³/mol. The Morgan fingerprint density at radius 2 is 2.37 bits per heavy atom.